The molecule has 0 saturated heterocycles. The number of aromatic hydroxyl groups is 1. The molecular weight excluding hydrogens is 306 g/mol. The van der Waals surface area contributed by atoms with Gasteiger partial charge in [0.15, 0.2) is 0 Å². The molecule has 0 spiro atoms. The van der Waals surface area contributed by atoms with Gasteiger partial charge in [-0.3, -0.25) is 9.59 Å². The first kappa shape index (κ1) is 16.5. The molecule has 128 valence electrons. The standard InChI is InChI=1S/C18H23N3O3/c1-3-20(4-2)11-9-19-17(23)14-16(22)13-7-5-6-12-8-10-21(15(12)13)18(14)24/h5-7,22H,3-4,8-11H2,1-2H3,(H,19,23). The van der Waals surface area contributed by atoms with Crippen LogP contribution >= 0.6 is 0 Å². The van der Waals surface area contributed by atoms with Gasteiger partial charge in [-0.25, -0.2) is 0 Å². The van der Waals surface area contributed by atoms with Crippen molar-refractivity contribution in [3.05, 3.63) is 39.7 Å². The number of carbonyl (C=O) groups excluding carboxylic acids is 1. The number of likely N-dealkylation sites (N-methyl/N-ethyl adjacent to an activating group) is 1. The van der Waals surface area contributed by atoms with Crippen LogP contribution in [0.15, 0.2) is 23.0 Å². The Morgan fingerprint density at radius 1 is 1.33 bits per heavy atom. The van der Waals surface area contributed by atoms with Gasteiger partial charge in [0, 0.05) is 25.0 Å². The van der Waals surface area contributed by atoms with E-state index >= 15 is 0 Å². The van der Waals surface area contributed by atoms with E-state index in [1.54, 1.807) is 10.6 Å². The minimum absolute atomic E-state index is 0.152. The summed E-state index contributed by atoms with van der Waals surface area (Å²) in [5.41, 5.74) is 1.22. The third-order valence-electron chi connectivity index (χ3n) is 4.78. The highest BCUT2D eigenvalue weighted by Gasteiger charge is 2.25. The van der Waals surface area contributed by atoms with Crippen molar-refractivity contribution >= 4 is 16.8 Å². The van der Waals surface area contributed by atoms with Gasteiger partial charge in [0.2, 0.25) is 0 Å². The van der Waals surface area contributed by atoms with Crippen LogP contribution < -0.4 is 10.9 Å². The van der Waals surface area contributed by atoms with Crippen molar-refractivity contribution in [3.8, 4) is 5.75 Å². The summed E-state index contributed by atoms with van der Waals surface area (Å²) in [6.45, 7) is 7.64. The maximum absolute atomic E-state index is 12.7. The quantitative estimate of drug-likeness (QED) is 0.838. The van der Waals surface area contributed by atoms with Crippen molar-refractivity contribution in [1.82, 2.24) is 14.8 Å². The van der Waals surface area contributed by atoms with E-state index in [0.29, 0.717) is 25.0 Å². The summed E-state index contributed by atoms with van der Waals surface area (Å²) in [4.78, 5) is 27.3. The van der Waals surface area contributed by atoms with Crippen LogP contribution in [0.4, 0.5) is 0 Å². The zero-order valence-electron chi connectivity index (χ0n) is 14.1. The minimum atomic E-state index is -0.507. The van der Waals surface area contributed by atoms with Gasteiger partial charge in [0.25, 0.3) is 11.5 Å². The fourth-order valence-corrected chi connectivity index (χ4v) is 3.38. The number of aromatic nitrogens is 1. The number of aryl methyl sites for hydroxylation is 2. The van der Waals surface area contributed by atoms with Gasteiger partial charge in [0.05, 0.1) is 5.52 Å². The summed E-state index contributed by atoms with van der Waals surface area (Å²) in [6, 6.07) is 5.55. The molecule has 3 rings (SSSR count). The Morgan fingerprint density at radius 2 is 2.08 bits per heavy atom. The van der Waals surface area contributed by atoms with Crippen molar-refractivity contribution in [2.24, 2.45) is 0 Å². The normalized spacial score (nSPS) is 13.0. The number of nitrogens with one attached hydrogen (secondary N) is 1. The summed E-state index contributed by atoms with van der Waals surface area (Å²) in [7, 11) is 0. The number of amides is 1. The molecule has 1 aromatic carbocycles. The maximum Gasteiger partial charge on any atom is 0.267 e. The lowest BCUT2D eigenvalue weighted by Crippen LogP contribution is -2.37. The number of para-hydroxylation sites is 1. The van der Waals surface area contributed by atoms with Crippen molar-refractivity contribution in [2.75, 3.05) is 26.2 Å². The molecule has 2 N–H and O–H groups in total. The Kier molecular flexibility index (Phi) is 4.57. The molecule has 0 fully saturated rings. The summed E-state index contributed by atoms with van der Waals surface area (Å²) in [6.07, 6.45) is 0.749. The highest BCUT2D eigenvalue weighted by Crippen LogP contribution is 2.31. The van der Waals surface area contributed by atoms with E-state index in [9.17, 15) is 14.7 Å². The molecular formula is C18H23N3O3. The van der Waals surface area contributed by atoms with Crippen LogP contribution in [0, 0.1) is 0 Å². The largest absolute Gasteiger partial charge is 0.506 e. The lowest BCUT2D eigenvalue weighted by Gasteiger charge is -2.18. The first-order valence-electron chi connectivity index (χ1n) is 8.46. The molecule has 1 amide bonds. The maximum atomic E-state index is 12.7. The van der Waals surface area contributed by atoms with Crippen molar-refractivity contribution in [1.29, 1.82) is 0 Å². The van der Waals surface area contributed by atoms with Gasteiger partial charge in [-0.1, -0.05) is 26.0 Å². The lowest BCUT2D eigenvalue weighted by atomic mass is 10.1. The number of hydrogen-bond acceptors (Lipinski definition) is 4. The number of benzene rings is 1. The number of rotatable bonds is 6. The van der Waals surface area contributed by atoms with E-state index in [1.807, 2.05) is 12.1 Å². The molecule has 0 radical (unpaired) electrons. The van der Waals surface area contributed by atoms with Crippen LogP contribution in [0.1, 0.15) is 29.8 Å². The van der Waals surface area contributed by atoms with E-state index in [2.05, 4.69) is 24.1 Å². The van der Waals surface area contributed by atoms with Gasteiger partial charge in [-0.2, -0.15) is 0 Å². The molecule has 1 aliphatic heterocycles. The second-order valence-corrected chi connectivity index (χ2v) is 6.03. The molecule has 1 aromatic heterocycles. The smallest absolute Gasteiger partial charge is 0.267 e. The Bertz CT molecular complexity index is 837. The van der Waals surface area contributed by atoms with E-state index in [0.717, 1.165) is 30.6 Å². The van der Waals surface area contributed by atoms with Gasteiger partial charge >= 0.3 is 0 Å². The van der Waals surface area contributed by atoms with Crippen LogP contribution in [-0.4, -0.2) is 46.7 Å². The predicted molar refractivity (Wildman–Crippen MR) is 93.7 cm³/mol. The number of carbonyl (C=O) groups is 1. The Labute approximate surface area is 140 Å². The molecule has 24 heavy (non-hydrogen) atoms. The first-order valence-corrected chi connectivity index (χ1v) is 8.46. The average Bonchev–Trinajstić information content (AvgIpc) is 3.02. The fourth-order valence-electron chi connectivity index (χ4n) is 3.38. The van der Waals surface area contributed by atoms with E-state index < -0.39 is 11.5 Å². The van der Waals surface area contributed by atoms with Crippen molar-refractivity contribution in [2.45, 2.75) is 26.8 Å². The molecule has 0 unspecified atom stereocenters. The van der Waals surface area contributed by atoms with Crippen molar-refractivity contribution in [3.63, 3.8) is 0 Å². The molecule has 0 bridgehead atoms. The molecule has 6 nitrogen and oxygen atoms in total. The van der Waals surface area contributed by atoms with E-state index in [1.165, 1.54) is 0 Å². The highest BCUT2D eigenvalue weighted by atomic mass is 16.3. The monoisotopic (exact) mass is 329 g/mol. The first-order chi connectivity index (χ1) is 11.6. The van der Waals surface area contributed by atoms with Crippen molar-refractivity contribution < 1.29 is 9.90 Å². The molecule has 2 aromatic rings. The van der Waals surface area contributed by atoms with Crippen LogP contribution in [0.5, 0.6) is 5.75 Å². The number of nitrogens with zero attached hydrogens (tertiary/aromatic N) is 2. The molecule has 1 aliphatic rings. The topological polar surface area (TPSA) is 74.6 Å². The zero-order valence-corrected chi connectivity index (χ0v) is 14.1. The predicted octanol–water partition coefficient (Wildman–Crippen LogP) is 1.33. The molecule has 0 saturated carbocycles. The fraction of sp³-hybridized carbons (Fsp3) is 0.444. The van der Waals surface area contributed by atoms with E-state index in [-0.39, 0.29) is 11.3 Å². The molecule has 0 aliphatic carbocycles. The van der Waals surface area contributed by atoms with Gasteiger partial charge in [0.1, 0.15) is 11.3 Å². The van der Waals surface area contributed by atoms with E-state index in [4.69, 9.17) is 0 Å². The minimum Gasteiger partial charge on any atom is -0.506 e. The van der Waals surface area contributed by atoms with Crippen LogP contribution in [-0.2, 0) is 13.0 Å². The number of pyridine rings is 1. The number of hydrogen-bond donors (Lipinski definition) is 2. The third-order valence-corrected chi connectivity index (χ3v) is 4.78. The second kappa shape index (κ2) is 6.65. The van der Waals surface area contributed by atoms with Gasteiger partial charge < -0.3 is 19.9 Å². The van der Waals surface area contributed by atoms with Crippen LogP contribution in [0.3, 0.4) is 0 Å². The van der Waals surface area contributed by atoms with Gasteiger partial charge in [-0.05, 0) is 31.1 Å². The molecule has 0 atom stereocenters. The van der Waals surface area contributed by atoms with Gasteiger partial charge in [-0.15, -0.1) is 0 Å². The Balaban J connectivity index is 1.91. The summed E-state index contributed by atoms with van der Waals surface area (Å²) in [5, 5.41) is 13.8. The third kappa shape index (κ3) is 2.67. The average molecular weight is 329 g/mol. The zero-order chi connectivity index (χ0) is 17.3. The molecule has 2 heterocycles. The van der Waals surface area contributed by atoms with Crippen LogP contribution in [0.25, 0.3) is 10.9 Å². The summed E-state index contributed by atoms with van der Waals surface area (Å²) < 4.78 is 1.60. The lowest BCUT2D eigenvalue weighted by molar-refractivity contribution is 0.0944. The Hall–Kier alpha value is -2.34. The summed E-state index contributed by atoms with van der Waals surface area (Å²) >= 11 is 0. The van der Waals surface area contributed by atoms with Crippen LogP contribution in [0.2, 0.25) is 0 Å². The highest BCUT2D eigenvalue weighted by molar-refractivity contribution is 6.03. The Morgan fingerprint density at radius 3 is 2.79 bits per heavy atom. The second-order valence-electron chi connectivity index (χ2n) is 6.03. The SMILES string of the molecule is CCN(CC)CCNC(=O)c1c(O)c2cccc3c2n(c1=O)CC3. The molecule has 6 heteroatoms. The summed E-state index contributed by atoms with van der Waals surface area (Å²) in [5.74, 6) is -0.719.